The second kappa shape index (κ2) is 4.79. The monoisotopic (exact) mass is 285 g/mol. The molecule has 2 aromatic rings. The summed E-state index contributed by atoms with van der Waals surface area (Å²) in [5.74, 6) is 0.114. The summed E-state index contributed by atoms with van der Waals surface area (Å²) >= 11 is 0. The average Bonchev–Trinajstić information content (AvgIpc) is 2.38. The van der Waals surface area contributed by atoms with Crippen LogP contribution in [0.25, 0.3) is 11.4 Å². The number of aromatic nitrogens is 4. The molecule has 0 aliphatic rings. The molecule has 20 heavy (non-hydrogen) atoms. The van der Waals surface area contributed by atoms with Crippen LogP contribution in [0.15, 0.2) is 18.2 Å². The van der Waals surface area contributed by atoms with Gasteiger partial charge in [-0.3, -0.25) is 10.1 Å². The molecule has 0 N–H and O–H groups in total. The Kier molecular flexibility index (Phi) is 3.30. The van der Waals surface area contributed by atoms with E-state index in [1.807, 2.05) is 0 Å². The molecule has 0 bridgehead atoms. The van der Waals surface area contributed by atoms with E-state index in [-0.39, 0.29) is 17.2 Å². The number of nitro benzene ring substituents is 1. The molecule has 7 nitrogen and oxygen atoms in total. The molecule has 0 unspecified atom stereocenters. The number of halogens is 3. The number of hydrogen-bond acceptors (Lipinski definition) is 6. The SMILES string of the molecule is Cc1nnc(-c2ccc([N+](=O)[O-])c(C(F)(F)F)c2)nn1. The van der Waals surface area contributed by atoms with Crippen molar-refractivity contribution in [3.05, 3.63) is 39.7 Å². The fraction of sp³-hybridized carbons (Fsp3) is 0.200. The Morgan fingerprint density at radius 2 is 1.75 bits per heavy atom. The molecular weight excluding hydrogens is 279 g/mol. The second-order valence-corrected chi connectivity index (χ2v) is 3.76. The summed E-state index contributed by atoms with van der Waals surface area (Å²) in [6.07, 6.45) is -4.86. The molecule has 0 saturated carbocycles. The number of alkyl halides is 3. The number of hydrogen-bond donors (Lipinski definition) is 0. The molecule has 0 spiro atoms. The van der Waals surface area contributed by atoms with Gasteiger partial charge in [-0.05, 0) is 19.1 Å². The van der Waals surface area contributed by atoms with E-state index >= 15 is 0 Å². The summed E-state index contributed by atoms with van der Waals surface area (Å²) in [6, 6.07) is 2.47. The molecule has 1 aromatic carbocycles. The van der Waals surface area contributed by atoms with Gasteiger partial charge in [0.1, 0.15) is 5.56 Å². The maximum absolute atomic E-state index is 12.8. The van der Waals surface area contributed by atoms with Crippen LogP contribution in [-0.2, 0) is 6.18 Å². The van der Waals surface area contributed by atoms with Gasteiger partial charge in [-0.1, -0.05) is 0 Å². The molecule has 10 heteroatoms. The van der Waals surface area contributed by atoms with E-state index in [0.717, 1.165) is 12.1 Å². The Balaban J connectivity index is 2.58. The van der Waals surface area contributed by atoms with Crippen molar-refractivity contribution < 1.29 is 18.1 Å². The van der Waals surface area contributed by atoms with Gasteiger partial charge >= 0.3 is 6.18 Å². The molecule has 0 radical (unpaired) electrons. The zero-order valence-corrected chi connectivity index (χ0v) is 9.92. The molecule has 0 saturated heterocycles. The van der Waals surface area contributed by atoms with Crippen LogP contribution in [0.1, 0.15) is 11.4 Å². The van der Waals surface area contributed by atoms with Gasteiger partial charge in [0.15, 0.2) is 5.82 Å². The van der Waals surface area contributed by atoms with E-state index in [9.17, 15) is 23.3 Å². The van der Waals surface area contributed by atoms with Crippen molar-refractivity contribution in [2.45, 2.75) is 13.1 Å². The normalized spacial score (nSPS) is 11.4. The minimum atomic E-state index is -4.86. The molecule has 0 fully saturated rings. The van der Waals surface area contributed by atoms with Gasteiger partial charge in [-0.15, -0.1) is 20.4 Å². The molecule has 0 aliphatic carbocycles. The fourth-order valence-electron chi connectivity index (χ4n) is 1.46. The van der Waals surface area contributed by atoms with E-state index < -0.39 is 22.4 Å². The van der Waals surface area contributed by atoms with Gasteiger partial charge in [0.2, 0.25) is 5.82 Å². The lowest BCUT2D eigenvalue weighted by molar-refractivity contribution is -0.388. The summed E-state index contributed by atoms with van der Waals surface area (Å²) in [4.78, 5) is 9.51. The molecule has 1 heterocycles. The zero-order chi connectivity index (χ0) is 14.9. The van der Waals surface area contributed by atoms with Crippen molar-refractivity contribution in [2.24, 2.45) is 0 Å². The first-order valence-corrected chi connectivity index (χ1v) is 5.19. The fourth-order valence-corrected chi connectivity index (χ4v) is 1.46. The van der Waals surface area contributed by atoms with Crippen LogP contribution in [0, 0.1) is 17.0 Å². The predicted octanol–water partition coefficient (Wildman–Crippen LogP) is 2.17. The molecule has 2 rings (SSSR count). The third-order valence-electron chi connectivity index (χ3n) is 2.34. The van der Waals surface area contributed by atoms with Gasteiger partial charge in [0, 0.05) is 11.6 Å². The molecule has 104 valence electrons. The summed E-state index contributed by atoms with van der Waals surface area (Å²) < 4.78 is 38.4. The van der Waals surface area contributed by atoms with Gasteiger partial charge < -0.3 is 0 Å². The minimum Gasteiger partial charge on any atom is -0.258 e. The molecule has 1 aromatic heterocycles. The van der Waals surface area contributed by atoms with E-state index in [1.165, 1.54) is 6.92 Å². The standard InChI is InChI=1S/C10H6F3N5O2/c1-5-14-16-9(17-15-5)6-2-3-8(18(19)20)7(4-6)10(11,12)13/h2-4H,1H3. The lowest BCUT2D eigenvalue weighted by Gasteiger charge is -2.08. The van der Waals surface area contributed by atoms with Gasteiger partial charge in [-0.25, -0.2) is 0 Å². The van der Waals surface area contributed by atoms with Gasteiger partial charge in [0.25, 0.3) is 5.69 Å². The number of nitro groups is 1. The number of nitrogens with zero attached hydrogens (tertiary/aromatic N) is 5. The highest BCUT2D eigenvalue weighted by molar-refractivity contribution is 5.60. The molecule has 0 atom stereocenters. The van der Waals surface area contributed by atoms with Crippen molar-refractivity contribution in [2.75, 3.05) is 0 Å². The first-order chi connectivity index (χ1) is 9.29. The van der Waals surface area contributed by atoms with Crippen LogP contribution in [0.3, 0.4) is 0 Å². The highest BCUT2D eigenvalue weighted by Gasteiger charge is 2.38. The number of rotatable bonds is 2. The van der Waals surface area contributed by atoms with Crippen molar-refractivity contribution in [3.8, 4) is 11.4 Å². The lowest BCUT2D eigenvalue weighted by Crippen LogP contribution is -2.09. The Morgan fingerprint density at radius 3 is 2.25 bits per heavy atom. The Hall–Kier alpha value is -2.65. The number of benzene rings is 1. The average molecular weight is 285 g/mol. The molecular formula is C10H6F3N5O2. The topological polar surface area (TPSA) is 94.7 Å². The van der Waals surface area contributed by atoms with Crippen molar-refractivity contribution in [1.29, 1.82) is 0 Å². The van der Waals surface area contributed by atoms with Crippen LogP contribution in [0.5, 0.6) is 0 Å². The number of aryl methyl sites for hydroxylation is 1. The first-order valence-electron chi connectivity index (χ1n) is 5.19. The quantitative estimate of drug-likeness (QED) is 0.620. The van der Waals surface area contributed by atoms with Crippen LogP contribution in [-0.4, -0.2) is 25.3 Å². The van der Waals surface area contributed by atoms with Crippen molar-refractivity contribution in [1.82, 2.24) is 20.4 Å². The Morgan fingerprint density at radius 1 is 1.15 bits per heavy atom. The predicted molar refractivity (Wildman–Crippen MR) is 59.5 cm³/mol. The largest absolute Gasteiger partial charge is 0.423 e. The van der Waals surface area contributed by atoms with Crippen LogP contribution in [0.4, 0.5) is 18.9 Å². The van der Waals surface area contributed by atoms with Crippen LogP contribution >= 0.6 is 0 Å². The summed E-state index contributed by atoms with van der Waals surface area (Å²) in [6.45, 7) is 1.51. The maximum Gasteiger partial charge on any atom is 0.423 e. The van der Waals surface area contributed by atoms with Crippen LogP contribution in [0.2, 0.25) is 0 Å². The second-order valence-electron chi connectivity index (χ2n) is 3.76. The van der Waals surface area contributed by atoms with E-state index in [1.54, 1.807) is 0 Å². The third-order valence-corrected chi connectivity index (χ3v) is 2.34. The molecule has 0 amide bonds. The summed E-state index contributed by atoms with van der Waals surface area (Å²) in [5, 5.41) is 24.9. The van der Waals surface area contributed by atoms with Crippen molar-refractivity contribution in [3.63, 3.8) is 0 Å². The van der Waals surface area contributed by atoms with Crippen LogP contribution < -0.4 is 0 Å². The lowest BCUT2D eigenvalue weighted by atomic mass is 10.1. The smallest absolute Gasteiger partial charge is 0.258 e. The first kappa shape index (κ1) is 13.8. The zero-order valence-electron chi connectivity index (χ0n) is 9.92. The van der Waals surface area contributed by atoms with Gasteiger partial charge in [0.05, 0.1) is 4.92 Å². The van der Waals surface area contributed by atoms with Gasteiger partial charge in [-0.2, -0.15) is 13.2 Å². The summed E-state index contributed by atoms with van der Waals surface area (Å²) in [7, 11) is 0. The Labute approximate surface area is 109 Å². The third kappa shape index (κ3) is 2.68. The highest BCUT2D eigenvalue weighted by atomic mass is 19.4. The van der Waals surface area contributed by atoms with E-state index in [4.69, 9.17) is 0 Å². The highest BCUT2D eigenvalue weighted by Crippen LogP contribution is 2.37. The van der Waals surface area contributed by atoms with E-state index in [0.29, 0.717) is 6.07 Å². The Bertz CT molecular complexity index is 657. The van der Waals surface area contributed by atoms with Crippen molar-refractivity contribution >= 4 is 5.69 Å². The maximum atomic E-state index is 12.8. The summed E-state index contributed by atoms with van der Waals surface area (Å²) in [5.41, 5.74) is -2.46. The molecule has 0 aliphatic heterocycles. The van der Waals surface area contributed by atoms with E-state index in [2.05, 4.69) is 20.4 Å². The minimum absolute atomic E-state index is 0.0528.